The zero-order valence-corrected chi connectivity index (χ0v) is 15.4. The maximum atomic E-state index is 13.9. The molecule has 140 valence electrons. The molecule has 1 atom stereocenters. The van der Waals surface area contributed by atoms with Crippen LogP contribution in [0.4, 0.5) is 4.39 Å². The van der Waals surface area contributed by atoms with Gasteiger partial charge in [-0.3, -0.25) is 4.79 Å². The van der Waals surface area contributed by atoms with Gasteiger partial charge in [-0.2, -0.15) is 0 Å². The number of para-hydroxylation sites is 1. The van der Waals surface area contributed by atoms with Crippen molar-refractivity contribution >= 4 is 16.8 Å². The van der Waals surface area contributed by atoms with Crippen molar-refractivity contribution in [2.75, 3.05) is 26.3 Å². The average Bonchev–Trinajstić information content (AvgIpc) is 3.03. The monoisotopic (exact) mass is 366 g/mol. The smallest absolute Gasteiger partial charge is 0.223 e. The number of carbonyl (C=O) groups is 1. The minimum Gasteiger partial charge on any atom is -0.378 e. The molecule has 1 amide bonds. The molecular weight excluding hydrogens is 343 g/mol. The lowest BCUT2D eigenvalue weighted by atomic mass is 9.87. The summed E-state index contributed by atoms with van der Waals surface area (Å²) in [7, 11) is 2.00. The van der Waals surface area contributed by atoms with Crippen molar-refractivity contribution in [1.29, 1.82) is 0 Å². The third-order valence-electron chi connectivity index (χ3n) is 5.30. The van der Waals surface area contributed by atoms with Gasteiger partial charge >= 0.3 is 0 Å². The van der Waals surface area contributed by atoms with E-state index in [1.54, 1.807) is 12.1 Å². The van der Waals surface area contributed by atoms with Crippen molar-refractivity contribution in [1.82, 2.24) is 9.47 Å². The van der Waals surface area contributed by atoms with E-state index in [4.69, 9.17) is 4.74 Å². The minimum absolute atomic E-state index is 0.0838. The van der Waals surface area contributed by atoms with Crippen molar-refractivity contribution in [3.05, 3.63) is 71.7 Å². The van der Waals surface area contributed by atoms with Crippen molar-refractivity contribution < 1.29 is 13.9 Å². The molecule has 0 saturated carbocycles. The van der Waals surface area contributed by atoms with E-state index < -0.39 is 0 Å². The first kappa shape index (κ1) is 17.7. The predicted octanol–water partition coefficient (Wildman–Crippen LogP) is 3.70. The van der Waals surface area contributed by atoms with Crippen LogP contribution in [0.1, 0.15) is 23.5 Å². The number of ether oxygens (including phenoxy) is 1. The Kier molecular flexibility index (Phi) is 4.94. The number of halogens is 1. The Labute approximate surface area is 158 Å². The summed E-state index contributed by atoms with van der Waals surface area (Å²) in [6.07, 6.45) is 2.38. The van der Waals surface area contributed by atoms with Gasteiger partial charge in [0, 0.05) is 49.6 Å². The SMILES string of the molecule is Cn1cc([C@@H](CC(=O)N2CCOCC2)c2cccc(F)c2)c2ccccc21. The quantitative estimate of drug-likeness (QED) is 0.706. The van der Waals surface area contributed by atoms with Crippen LogP contribution < -0.4 is 0 Å². The summed E-state index contributed by atoms with van der Waals surface area (Å²) < 4.78 is 21.4. The fourth-order valence-corrected chi connectivity index (χ4v) is 3.90. The molecule has 2 heterocycles. The fourth-order valence-electron chi connectivity index (χ4n) is 3.90. The molecule has 0 radical (unpaired) electrons. The Morgan fingerprint density at radius 1 is 1.15 bits per heavy atom. The number of nitrogens with zero attached hydrogens (tertiary/aromatic N) is 2. The molecule has 0 spiro atoms. The maximum Gasteiger partial charge on any atom is 0.223 e. The lowest BCUT2D eigenvalue weighted by Gasteiger charge is -2.28. The lowest BCUT2D eigenvalue weighted by Crippen LogP contribution is -2.41. The molecule has 3 aromatic rings. The summed E-state index contributed by atoms with van der Waals surface area (Å²) in [5, 5.41) is 1.10. The minimum atomic E-state index is -0.281. The highest BCUT2D eigenvalue weighted by molar-refractivity contribution is 5.86. The number of amides is 1. The van der Waals surface area contributed by atoms with Gasteiger partial charge in [-0.15, -0.1) is 0 Å². The summed E-state index contributed by atoms with van der Waals surface area (Å²) in [6.45, 7) is 2.38. The first-order chi connectivity index (χ1) is 13.1. The normalized spacial score (nSPS) is 15.9. The number of aryl methyl sites for hydroxylation is 1. The van der Waals surface area contributed by atoms with Gasteiger partial charge in [0.1, 0.15) is 5.82 Å². The molecule has 5 heteroatoms. The molecular formula is C22H23FN2O2. The van der Waals surface area contributed by atoms with Crippen molar-refractivity contribution in [3.8, 4) is 0 Å². The largest absolute Gasteiger partial charge is 0.378 e. The van der Waals surface area contributed by atoms with Crippen LogP contribution in [0.2, 0.25) is 0 Å². The number of morpholine rings is 1. The van der Waals surface area contributed by atoms with E-state index in [0.29, 0.717) is 32.7 Å². The molecule has 27 heavy (non-hydrogen) atoms. The zero-order chi connectivity index (χ0) is 18.8. The number of benzene rings is 2. The summed E-state index contributed by atoms with van der Waals surface area (Å²) >= 11 is 0. The highest BCUT2D eigenvalue weighted by Crippen LogP contribution is 2.35. The molecule has 1 fully saturated rings. The molecule has 0 unspecified atom stereocenters. The molecule has 1 aliphatic heterocycles. The molecule has 0 bridgehead atoms. The standard InChI is InChI=1S/C22H23FN2O2/c1-24-15-20(18-7-2-3-8-21(18)24)19(16-5-4-6-17(23)13-16)14-22(26)25-9-11-27-12-10-25/h2-8,13,15,19H,9-12,14H2,1H3/t19-/m0/s1. The van der Waals surface area contributed by atoms with Crippen LogP contribution in [-0.2, 0) is 16.6 Å². The third kappa shape index (κ3) is 3.60. The van der Waals surface area contributed by atoms with Crippen molar-refractivity contribution in [2.45, 2.75) is 12.3 Å². The van der Waals surface area contributed by atoms with Crippen LogP contribution >= 0.6 is 0 Å². The van der Waals surface area contributed by atoms with Crippen LogP contribution in [0.25, 0.3) is 10.9 Å². The number of fused-ring (bicyclic) bond motifs is 1. The number of carbonyl (C=O) groups excluding carboxylic acids is 1. The van der Waals surface area contributed by atoms with E-state index in [9.17, 15) is 9.18 Å². The summed E-state index contributed by atoms with van der Waals surface area (Å²) in [5.41, 5.74) is 2.99. The molecule has 4 rings (SSSR count). The summed E-state index contributed by atoms with van der Waals surface area (Å²) in [5.74, 6) is -0.390. The molecule has 1 aliphatic rings. The third-order valence-corrected chi connectivity index (χ3v) is 5.30. The van der Waals surface area contributed by atoms with E-state index in [0.717, 1.165) is 22.0 Å². The van der Waals surface area contributed by atoms with Gasteiger partial charge in [-0.1, -0.05) is 30.3 Å². The van der Waals surface area contributed by atoms with Crippen LogP contribution in [-0.4, -0.2) is 41.7 Å². The molecule has 2 aromatic carbocycles. The second kappa shape index (κ2) is 7.53. The molecule has 0 aliphatic carbocycles. The van der Waals surface area contributed by atoms with Crippen LogP contribution in [0.5, 0.6) is 0 Å². The lowest BCUT2D eigenvalue weighted by molar-refractivity contribution is -0.135. The number of hydrogen-bond acceptors (Lipinski definition) is 2. The molecule has 0 N–H and O–H groups in total. The van der Waals surface area contributed by atoms with Crippen molar-refractivity contribution in [3.63, 3.8) is 0 Å². The van der Waals surface area contributed by atoms with Crippen LogP contribution in [0.3, 0.4) is 0 Å². The number of aromatic nitrogens is 1. The second-order valence-electron chi connectivity index (χ2n) is 7.02. The maximum absolute atomic E-state index is 13.9. The Hall–Kier alpha value is -2.66. The summed E-state index contributed by atoms with van der Waals surface area (Å²) in [6, 6.07) is 14.7. The van der Waals surface area contributed by atoms with Crippen molar-refractivity contribution in [2.24, 2.45) is 7.05 Å². The first-order valence-corrected chi connectivity index (χ1v) is 9.28. The van der Waals surface area contributed by atoms with Gasteiger partial charge in [0.05, 0.1) is 13.2 Å². The topological polar surface area (TPSA) is 34.5 Å². The second-order valence-corrected chi connectivity index (χ2v) is 7.02. The van der Waals surface area contributed by atoms with E-state index in [-0.39, 0.29) is 17.6 Å². The van der Waals surface area contributed by atoms with Gasteiger partial charge < -0.3 is 14.2 Å². The number of rotatable bonds is 4. The fraction of sp³-hybridized carbons (Fsp3) is 0.318. The van der Waals surface area contributed by atoms with Crippen LogP contribution in [0.15, 0.2) is 54.7 Å². The Morgan fingerprint density at radius 3 is 2.70 bits per heavy atom. The van der Waals surface area contributed by atoms with Gasteiger partial charge in [0.25, 0.3) is 0 Å². The van der Waals surface area contributed by atoms with Gasteiger partial charge in [0.15, 0.2) is 0 Å². The predicted molar refractivity (Wildman–Crippen MR) is 103 cm³/mol. The Morgan fingerprint density at radius 2 is 1.93 bits per heavy atom. The van der Waals surface area contributed by atoms with E-state index >= 15 is 0 Å². The van der Waals surface area contributed by atoms with Gasteiger partial charge in [-0.25, -0.2) is 4.39 Å². The average molecular weight is 366 g/mol. The van der Waals surface area contributed by atoms with E-state index in [1.807, 2.05) is 30.1 Å². The molecule has 1 aromatic heterocycles. The molecule has 1 saturated heterocycles. The molecule has 4 nitrogen and oxygen atoms in total. The first-order valence-electron chi connectivity index (χ1n) is 9.28. The van der Waals surface area contributed by atoms with Gasteiger partial charge in [-0.05, 0) is 29.3 Å². The Bertz CT molecular complexity index is 960. The van der Waals surface area contributed by atoms with Crippen LogP contribution in [0, 0.1) is 5.82 Å². The van der Waals surface area contributed by atoms with E-state index in [2.05, 4.69) is 22.9 Å². The summed E-state index contributed by atoms with van der Waals surface area (Å²) in [4.78, 5) is 14.8. The highest BCUT2D eigenvalue weighted by Gasteiger charge is 2.26. The number of hydrogen-bond donors (Lipinski definition) is 0. The van der Waals surface area contributed by atoms with Gasteiger partial charge in [0.2, 0.25) is 5.91 Å². The van der Waals surface area contributed by atoms with E-state index in [1.165, 1.54) is 6.07 Å². The zero-order valence-electron chi connectivity index (χ0n) is 15.4. The highest BCUT2D eigenvalue weighted by atomic mass is 19.1. The Balaban J connectivity index is 1.75.